The Kier molecular flexibility index (Phi) is 3.80. The van der Waals surface area contributed by atoms with Crippen LogP contribution in [0, 0.1) is 5.82 Å². The average molecular weight is 266 g/mol. The summed E-state index contributed by atoms with van der Waals surface area (Å²) in [6.07, 6.45) is 1.03. The number of carbonyl (C=O) groups is 2. The van der Waals surface area contributed by atoms with Crippen LogP contribution in [-0.2, 0) is 9.53 Å². The number of ether oxygens (including phenoxy) is 1. The van der Waals surface area contributed by atoms with Crippen LogP contribution in [-0.4, -0.2) is 24.0 Å². The van der Waals surface area contributed by atoms with Crippen molar-refractivity contribution in [2.75, 3.05) is 5.32 Å². The molecule has 0 aromatic heterocycles. The molecule has 2 atom stereocenters. The fourth-order valence-corrected chi connectivity index (χ4v) is 2.01. The van der Waals surface area contributed by atoms with Crippen LogP contribution in [0.4, 0.5) is 10.1 Å². The number of benzene rings is 1. The molecule has 0 bridgehead atoms. The van der Waals surface area contributed by atoms with Crippen molar-refractivity contribution >= 4 is 17.5 Å². The number of hydrogen-bond acceptors (Lipinski definition) is 3. The Labute approximate surface area is 109 Å². The second-order valence-electron chi connectivity index (χ2n) is 4.56. The molecule has 2 amide bonds. The molecule has 1 aromatic rings. The lowest BCUT2D eigenvalue weighted by atomic mass is 10.1. The predicted molar refractivity (Wildman–Crippen MR) is 67.1 cm³/mol. The SMILES string of the molecule is C[C@@H]1CC[C@H](C(=O)Nc2ccc(F)c(C(N)=O)c2)O1. The van der Waals surface area contributed by atoms with Crippen molar-refractivity contribution in [3.8, 4) is 0 Å². The highest BCUT2D eigenvalue weighted by Crippen LogP contribution is 2.21. The molecular formula is C13H15FN2O3. The van der Waals surface area contributed by atoms with Gasteiger partial charge in [-0.25, -0.2) is 4.39 Å². The molecule has 1 heterocycles. The van der Waals surface area contributed by atoms with Gasteiger partial charge in [-0.15, -0.1) is 0 Å². The van der Waals surface area contributed by atoms with E-state index in [-0.39, 0.29) is 17.6 Å². The van der Waals surface area contributed by atoms with Gasteiger partial charge in [0.05, 0.1) is 11.7 Å². The highest BCUT2D eigenvalue weighted by molar-refractivity contribution is 5.97. The summed E-state index contributed by atoms with van der Waals surface area (Å²) in [4.78, 5) is 22.9. The lowest BCUT2D eigenvalue weighted by Gasteiger charge is -2.12. The summed E-state index contributed by atoms with van der Waals surface area (Å²) in [7, 11) is 0. The smallest absolute Gasteiger partial charge is 0.253 e. The van der Waals surface area contributed by atoms with Crippen molar-refractivity contribution in [1.29, 1.82) is 0 Å². The van der Waals surface area contributed by atoms with E-state index in [0.29, 0.717) is 12.1 Å². The molecule has 2 rings (SSSR count). The van der Waals surface area contributed by atoms with Gasteiger partial charge in [-0.05, 0) is 38.0 Å². The minimum atomic E-state index is -0.876. The van der Waals surface area contributed by atoms with Crippen molar-refractivity contribution in [3.63, 3.8) is 0 Å². The van der Waals surface area contributed by atoms with Gasteiger partial charge in [0.25, 0.3) is 11.8 Å². The first kappa shape index (κ1) is 13.5. The van der Waals surface area contributed by atoms with E-state index in [4.69, 9.17) is 10.5 Å². The van der Waals surface area contributed by atoms with Gasteiger partial charge in [-0.2, -0.15) is 0 Å². The molecule has 0 radical (unpaired) electrons. The molecule has 3 N–H and O–H groups in total. The number of nitrogens with two attached hydrogens (primary N) is 1. The second kappa shape index (κ2) is 5.36. The molecule has 19 heavy (non-hydrogen) atoms. The topological polar surface area (TPSA) is 81.4 Å². The summed E-state index contributed by atoms with van der Waals surface area (Å²) in [6, 6.07) is 3.68. The maximum atomic E-state index is 13.3. The average Bonchev–Trinajstić information content (AvgIpc) is 2.78. The van der Waals surface area contributed by atoms with E-state index in [0.717, 1.165) is 12.5 Å². The minimum absolute atomic E-state index is 0.0603. The zero-order valence-electron chi connectivity index (χ0n) is 10.5. The molecule has 1 fully saturated rings. The quantitative estimate of drug-likeness (QED) is 0.868. The first-order chi connectivity index (χ1) is 8.97. The zero-order valence-corrected chi connectivity index (χ0v) is 10.5. The molecule has 1 aliphatic rings. The van der Waals surface area contributed by atoms with E-state index in [2.05, 4.69) is 5.32 Å². The number of hydrogen-bond donors (Lipinski definition) is 2. The maximum absolute atomic E-state index is 13.3. The van der Waals surface area contributed by atoms with Crippen LogP contribution in [0.3, 0.4) is 0 Å². The lowest BCUT2D eigenvalue weighted by Crippen LogP contribution is -2.28. The molecule has 0 aliphatic carbocycles. The standard InChI is InChI=1S/C13H15FN2O3/c1-7-2-5-11(19-7)13(18)16-8-3-4-10(14)9(6-8)12(15)17/h3-4,6-7,11H,2,5H2,1H3,(H2,15,17)(H,16,18)/t7-,11-/m1/s1. The van der Waals surface area contributed by atoms with Crippen LogP contribution < -0.4 is 11.1 Å². The summed E-state index contributed by atoms with van der Waals surface area (Å²) in [5.74, 6) is -1.89. The van der Waals surface area contributed by atoms with Crippen LogP contribution in [0.1, 0.15) is 30.1 Å². The Hall–Kier alpha value is -1.95. The number of primary amides is 1. The third kappa shape index (κ3) is 3.08. The molecule has 5 nitrogen and oxygen atoms in total. The molecule has 1 saturated heterocycles. The summed E-state index contributed by atoms with van der Waals surface area (Å²) in [6.45, 7) is 1.90. The van der Waals surface area contributed by atoms with Crippen molar-refractivity contribution in [1.82, 2.24) is 0 Å². The van der Waals surface area contributed by atoms with Crippen LogP contribution in [0.25, 0.3) is 0 Å². The number of nitrogens with one attached hydrogen (secondary N) is 1. The van der Waals surface area contributed by atoms with Gasteiger partial charge in [0.1, 0.15) is 11.9 Å². The maximum Gasteiger partial charge on any atom is 0.253 e. The van der Waals surface area contributed by atoms with Gasteiger partial charge >= 0.3 is 0 Å². The monoisotopic (exact) mass is 266 g/mol. The molecule has 1 aromatic carbocycles. The highest BCUT2D eigenvalue weighted by Gasteiger charge is 2.28. The fourth-order valence-electron chi connectivity index (χ4n) is 2.01. The van der Waals surface area contributed by atoms with Crippen LogP contribution in [0.5, 0.6) is 0 Å². The van der Waals surface area contributed by atoms with Crippen LogP contribution >= 0.6 is 0 Å². The first-order valence-corrected chi connectivity index (χ1v) is 6.03. The number of rotatable bonds is 3. The third-order valence-electron chi connectivity index (χ3n) is 3.02. The number of anilines is 1. The summed E-state index contributed by atoms with van der Waals surface area (Å²) < 4.78 is 18.7. The van der Waals surface area contributed by atoms with Gasteiger partial charge in [-0.3, -0.25) is 9.59 Å². The van der Waals surface area contributed by atoms with Crippen molar-refractivity contribution in [2.45, 2.75) is 32.0 Å². The van der Waals surface area contributed by atoms with E-state index in [1.807, 2.05) is 6.92 Å². The number of halogens is 1. The zero-order chi connectivity index (χ0) is 14.0. The van der Waals surface area contributed by atoms with Gasteiger partial charge in [0.15, 0.2) is 0 Å². The molecule has 1 aliphatic heterocycles. The Bertz CT molecular complexity index is 519. The fraction of sp³-hybridized carbons (Fsp3) is 0.385. The minimum Gasteiger partial charge on any atom is -0.366 e. The summed E-state index contributed by atoms with van der Waals surface area (Å²) in [5.41, 5.74) is 5.11. The van der Waals surface area contributed by atoms with Crippen molar-refractivity contribution in [2.24, 2.45) is 5.73 Å². The van der Waals surface area contributed by atoms with Gasteiger partial charge in [-0.1, -0.05) is 0 Å². The van der Waals surface area contributed by atoms with Gasteiger partial charge < -0.3 is 15.8 Å². The van der Waals surface area contributed by atoms with Gasteiger partial charge in [0.2, 0.25) is 0 Å². The number of carbonyl (C=O) groups excluding carboxylic acids is 2. The molecule has 0 unspecified atom stereocenters. The Balaban J connectivity index is 2.09. The lowest BCUT2D eigenvalue weighted by molar-refractivity contribution is -0.126. The number of amides is 2. The summed E-state index contributed by atoms with van der Waals surface area (Å²) >= 11 is 0. The Morgan fingerprint density at radius 3 is 2.74 bits per heavy atom. The molecule has 6 heteroatoms. The van der Waals surface area contributed by atoms with E-state index in [9.17, 15) is 14.0 Å². The van der Waals surface area contributed by atoms with Gasteiger partial charge in [0, 0.05) is 5.69 Å². The van der Waals surface area contributed by atoms with Crippen LogP contribution in [0.15, 0.2) is 18.2 Å². The first-order valence-electron chi connectivity index (χ1n) is 6.03. The predicted octanol–water partition coefficient (Wildman–Crippen LogP) is 1.43. The summed E-state index contributed by atoms with van der Waals surface area (Å²) in [5, 5.41) is 2.59. The Morgan fingerprint density at radius 1 is 1.42 bits per heavy atom. The van der Waals surface area contributed by atoms with E-state index in [1.165, 1.54) is 12.1 Å². The van der Waals surface area contributed by atoms with E-state index < -0.39 is 17.8 Å². The van der Waals surface area contributed by atoms with Crippen molar-refractivity contribution < 1.29 is 18.7 Å². The highest BCUT2D eigenvalue weighted by atomic mass is 19.1. The second-order valence-corrected chi connectivity index (χ2v) is 4.56. The van der Waals surface area contributed by atoms with E-state index in [1.54, 1.807) is 0 Å². The van der Waals surface area contributed by atoms with E-state index >= 15 is 0 Å². The molecule has 0 saturated carbocycles. The largest absolute Gasteiger partial charge is 0.366 e. The normalized spacial score (nSPS) is 22.2. The third-order valence-corrected chi connectivity index (χ3v) is 3.02. The molecular weight excluding hydrogens is 251 g/mol. The van der Waals surface area contributed by atoms with Crippen LogP contribution in [0.2, 0.25) is 0 Å². The van der Waals surface area contributed by atoms with Crippen molar-refractivity contribution in [3.05, 3.63) is 29.6 Å². The Morgan fingerprint density at radius 2 is 2.16 bits per heavy atom. The molecule has 102 valence electrons. The molecule has 0 spiro atoms.